The molecule has 1 N–H and O–H groups in total. The van der Waals surface area contributed by atoms with Gasteiger partial charge in [-0.2, -0.15) is 4.98 Å². The number of anilines is 2. The molecule has 1 amide bonds. The van der Waals surface area contributed by atoms with Gasteiger partial charge in [-0.15, -0.1) is 0 Å². The lowest BCUT2D eigenvalue weighted by Gasteiger charge is -2.31. The van der Waals surface area contributed by atoms with E-state index < -0.39 is 0 Å². The minimum atomic E-state index is -0.208. The first-order chi connectivity index (χ1) is 12.3. The predicted octanol–water partition coefficient (Wildman–Crippen LogP) is 2.89. The number of hydrogen-bond donors (Lipinski definition) is 1. The first-order valence-electron chi connectivity index (χ1n) is 9.52. The molecule has 1 aromatic heterocycles. The van der Waals surface area contributed by atoms with Crippen LogP contribution in [0.15, 0.2) is 12.3 Å². The summed E-state index contributed by atoms with van der Waals surface area (Å²) in [7, 11) is 0. The van der Waals surface area contributed by atoms with Crippen LogP contribution in [0, 0.1) is 0 Å². The van der Waals surface area contributed by atoms with Gasteiger partial charge in [0.15, 0.2) is 0 Å². The van der Waals surface area contributed by atoms with Crippen LogP contribution in [0.5, 0.6) is 0 Å². The van der Waals surface area contributed by atoms with E-state index in [1.165, 1.54) is 25.7 Å². The summed E-state index contributed by atoms with van der Waals surface area (Å²) in [6.45, 7) is 5.84. The Morgan fingerprint density at radius 3 is 2.60 bits per heavy atom. The summed E-state index contributed by atoms with van der Waals surface area (Å²) in [6.07, 6.45) is 8.49. The Hall–Kier alpha value is -2.05. The Kier molecular flexibility index (Phi) is 6.30. The number of amides is 1. The third kappa shape index (κ3) is 4.96. The molecule has 0 atom stereocenters. The molecule has 0 radical (unpaired) electrons. The zero-order chi connectivity index (χ0) is 17.5. The molecule has 0 bridgehead atoms. The summed E-state index contributed by atoms with van der Waals surface area (Å²) in [5.41, 5.74) is 0. The standard InChI is InChI=1S/C18H29N5O2/c1-2-25-18(24)23-13-8-15(9-14-23)20-17-19-10-7-16(21-17)22-11-5-3-4-6-12-22/h7,10,15H,2-6,8-9,11-14H2,1H3,(H,19,20,21). The third-order valence-corrected chi connectivity index (χ3v) is 4.93. The average molecular weight is 347 g/mol. The molecule has 0 spiro atoms. The van der Waals surface area contributed by atoms with E-state index in [4.69, 9.17) is 9.72 Å². The highest BCUT2D eigenvalue weighted by molar-refractivity contribution is 5.67. The Bertz CT molecular complexity index is 552. The van der Waals surface area contributed by atoms with Crippen molar-refractivity contribution in [3.63, 3.8) is 0 Å². The summed E-state index contributed by atoms with van der Waals surface area (Å²) in [5.74, 6) is 1.71. The first-order valence-corrected chi connectivity index (χ1v) is 9.52. The molecular formula is C18H29N5O2. The second-order valence-electron chi connectivity index (χ2n) is 6.74. The molecule has 0 unspecified atom stereocenters. The third-order valence-electron chi connectivity index (χ3n) is 4.93. The van der Waals surface area contributed by atoms with Crippen molar-refractivity contribution in [2.45, 2.75) is 51.5 Å². The maximum Gasteiger partial charge on any atom is 0.409 e. The van der Waals surface area contributed by atoms with Crippen molar-refractivity contribution in [1.29, 1.82) is 0 Å². The molecule has 0 aliphatic carbocycles. The van der Waals surface area contributed by atoms with Crippen molar-refractivity contribution in [3.05, 3.63) is 12.3 Å². The fraction of sp³-hybridized carbons (Fsp3) is 0.722. The van der Waals surface area contributed by atoms with Crippen molar-refractivity contribution in [2.24, 2.45) is 0 Å². The lowest BCUT2D eigenvalue weighted by Crippen LogP contribution is -2.42. The molecule has 2 aliphatic rings. The van der Waals surface area contributed by atoms with Gasteiger partial charge in [-0.1, -0.05) is 12.8 Å². The van der Waals surface area contributed by atoms with Crippen LogP contribution < -0.4 is 10.2 Å². The lowest BCUT2D eigenvalue weighted by atomic mass is 10.1. The fourth-order valence-electron chi connectivity index (χ4n) is 3.50. The van der Waals surface area contributed by atoms with Gasteiger partial charge in [-0.25, -0.2) is 9.78 Å². The number of nitrogens with one attached hydrogen (secondary N) is 1. The molecule has 3 heterocycles. The SMILES string of the molecule is CCOC(=O)N1CCC(Nc2nccc(N3CCCCCC3)n2)CC1. The number of rotatable bonds is 4. The van der Waals surface area contributed by atoms with Crippen LogP contribution in [0.2, 0.25) is 0 Å². The highest BCUT2D eigenvalue weighted by atomic mass is 16.6. The Balaban J connectivity index is 1.53. The van der Waals surface area contributed by atoms with Gasteiger partial charge < -0.3 is 19.9 Å². The zero-order valence-electron chi connectivity index (χ0n) is 15.1. The molecule has 138 valence electrons. The number of nitrogens with zero attached hydrogens (tertiary/aromatic N) is 4. The van der Waals surface area contributed by atoms with E-state index >= 15 is 0 Å². The van der Waals surface area contributed by atoms with Gasteiger partial charge in [0.2, 0.25) is 5.95 Å². The average Bonchev–Trinajstić information content (AvgIpc) is 2.92. The number of ether oxygens (including phenoxy) is 1. The molecule has 25 heavy (non-hydrogen) atoms. The predicted molar refractivity (Wildman–Crippen MR) is 98.0 cm³/mol. The Morgan fingerprint density at radius 1 is 1.20 bits per heavy atom. The molecule has 7 nitrogen and oxygen atoms in total. The van der Waals surface area contributed by atoms with Crippen LogP contribution in [0.4, 0.5) is 16.6 Å². The van der Waals surface area contributed by atoms with Crippen LogP contribution in [0.1, 0.15) is 45.4 Å². The molecule has 2 saturated heterocycles. The van der Waals surface area contributed by atoms with Crippen LogP contribution in [0.3, 0.4) is 0 Å². The molecule has 2 aliphatic heterocycles. The molecule has 0 saturated carbocycles. The molecular weight excluding hydrogens is 318 g/mol. The van der Waals surface area contributed by atoms with Gasteiger partial charge in [0.05, 0.1) is 6.61 Å². The highest BCUT2D eigenvalue weighted by Crippen LogP contribution is 2.20. The maximum absolute atomic E-state index is 11.8. The minimum absolute atomic E-state index is 0.208. The van der Waals surface area contributed by atoms with E-state index in [9.17, 15) is 4.79 Å². The van der Waals surface area contributed by atoms with E-state index in [2.05, 4.69) is 15.2 Å². The van der Waals surface area contributed by atoms with Crippen LogP contribution >= 0.6 is 0 Å². The number of carbonyl (C=O) groups is 1. The van der Waals surface area contributed by atoms with Crippen molar-refractivity contribution >= 4 is 17.9 Å². The zero-order valence-corrected chi connectivity index (χ0v) is 15.1. The van der Waals surface area contributed by atoms with Gasteiger partial charge in [0, 0.05) is 38.4 Å². The summed E-state index contributed by atoms with van der Waals surface area (Å²) in [4.78, 5) is 25.0. The molecule has 1 aromatic rings. The second-order valence-corrected chi connectivity index (χ2v) is 6.74. The van der Waals surface area contributed by atoms with Gasteiger partial charge in [-0.05, 0) is 38.7 Å². The number of piperidine rings is 1. The largest absolute Gasteiger partial charge is 0.450 e. The normalized spacial score (nSPS) is 19.4. The number of aromatic nitrogens is 2. The molecule has 7 heteroatoms. The maximum atomic E-state index is 11.8. The van der Waals surface area contributed by atoms with Crippen LogP contribution in [-0.4, -0.2) is 59.8 Å². The fourth-order valence-corrected chi connectivity index (χ4v) is 3.50. The van der Waals surface area contributed by atoms with Gasteiger partial charge >= 0.3 is 6.09 Å². The summed E-state index contributed by atoms with van der Waals surface area (Å²) in [6, 6.07) is 2.30. The summed E-state index contributed by atoms with van der Waals surface area (Å²) in [5, 5.41) is 3.44. The molecule has 3 rings (SSSR count). The van der Waals surface area contributed by atoms with E-state index in [0.29, 0.717) is 31.7 Å². The van der Waals surface area contributed by atoms with Gasteiger partial charge in [0.25, 0.3) is 0 Å². The smallest absolute Gasteiger partial charge is 0.409 e. The van der Waals surface area contributed by atoms with Gasteiger partial charge in [0.1, 0.15) is 5.82 Å². The van der Waals surface area contributed by atoms with Crippen molar-refractivity contribution in [3.8, 4) is 0 Å². The van der Waals surface area contributed by atoms with Crippen LogP contribution in [-0.2, 0) is 4.74 Å². The van der Waals surface area contributed by atoms with E-state index in [1.807, 2.05) is 19.2 Å². The number of carbonyl (C=O) groups excluding carboxylic acids is 1. The van der Waals surface area contributed by atoms with Crippen molar-refractivity contribution in [1.82, 2.24) is 14.9 Å². The highest BCUT2D eigenvalue weighted by Gasteiger charge is 2.24. The lowest BCUT2D eigenvalue weighted by molar-refractivity contribution is 0.0983. The quantitative estimate of drug-likeness (QED) is 0.903. The van der Waals surface area contributed by atoms with E-state index in [0.717, 1.165) is 31.7 Å². The second kappa shape index (κ2) is 8.87. The van der Waals surface area contributed by atoms with Crippen LogP contribution in [0.25, 0.3) is 0 Å². The van der Waals surface area contributed by atoms with E-state index in [-0.39, 0.29) is 6.09 Å². The Morgan fingerprint density at radius 2 is 1.92 bits per heavy atom. The van der Waals surface area contributed by atoms with Crippen molar-refractivity contribution < 1.29 is 9.53 Å². The summed E-state index contributed by atoms with van der Waals surface area (Å²) >= 11 is 0. The molecule has 0 aromatic carbocycles. The Labute approximate surface area is 149 Å². The van der Waals surface area contributed by atoms with Gasteiger partial charge in [-0.3, -0.25) is 0 Å². The first kappa shape index (κ1) is 17.8. The minimum Gasteiger partial charge on any atom is -0.450 e. The monoisotopic (exact) mass is 347 g/mol. The topological polar surface area (TPSA) is 70.6 Å². The molecule has 2 fully saturated rings. The van der Waals surface area contributed by atoms with Crippen molar-refractivity contribution in [2.75, 3.05) is 43.0 Å². The summed E-state index contributed by atoms with van der Waals surface area (Å²) < 4.78 is 5.06. The number of hydrogen-bond acceptors (Lipinski definition) is 6. The van der Waals surface area contributed by atoms with E-state index in [1.54, 1.807) is 4.90 Å². The number of likely N-dealkylation sites (tertiary alicyclic amines) is 1.